The number of aliphatic carboxylic acids is 1. The molecule has 1 aliphatic rings. The van der Waals surface area contributed by atoms with Crippen LogP contribution in [0.15, 0.2) is 36.5 Å². The van der Waals surface area contributed by atoms with E-state index in [2.05, 4.69) is 57.2 Å². The van der Waals surface area contributed by atoms with Gasteiger partial charge in [-0.05, 0) is 83.5 Å². The maximum Gasteiger partial charge on any atom is 0.335 e. The van der Waals surface area contributed by atoms with E-state index in [1.807, 2.05) is 0 Å². The molecule has 65 heavy (non-hydrogen) atoms. The lowest BCUT2D eigenvalue weighted by atomic mass is 9.98. The Bertz CT molecular complexity index is 1280. The SMILES string of the molecule is CCCC/C=C\CCCCCCCC(=O)OCC(COC1OC(C(=O)O)C(O)C(O)C1OC(=O)CCCCCCC/C=C\CCCCCC)OC(=O)CCCCCCC/C=C\CCCC. The Labute approximate surface area is 393 Å². The van der Waals surface area contributed by atoms with Crippen molar-refractivity contribution in [3.8, 4) is 0 Å². The molecule has 0 saturated carbocycles. The molecule has 6 atom stereocenters. The Balaban J connectivity index is 2.75. The Kier molecular flexibility index (Phi) is 39.0. The molecule has 376 valence electrons. The van der Waals surface area contributed by atoms with E-state index in [0.29, 0.717) is 19.3 Å². The van der Waals surface area contributed by atoms with Crippen LogP contribution in [0.1, 0.15) is 226 Å². The molecule has 0 bridgehead atoms. The number of hydrogen-bond donors (Lipinski definition) is 3. The van der Waals surface area contributed by atoms with Gasteiger partial charge in [0.25, 0.3) is 0 Å². The minimum atomic E-state index is -1.90. The summed E-state index contributed by atoms with van der Waals surface area (Å²) in [7, 11) is 0. The molecule has 0 aliphatic carbocycles. The van der Waals surface area contributed by atoms with Gasteiger partial charge in [-0.1, -0.05) is 160 Å². The summed E-state index contributed by atoms with van der Waals surface area (Å²) in [4.78, 5) is 50.7. The van der Waals surface area contributed by atoms with Crippen LogP contribution in [-0.2, 0) is 42.9 Å². The lowest BCUT2D eigenvalue weighted by Crippen LogP contribution is -2.61. The normalized spacial score (nSPS) is 19.3. The zero-order valence-corrected chi connectivity index (χ0v) is 41.0. The highest BCUT2D eigenvalue weighted by molar-refractivity contribution is 5.74. The number of esters is 3. The largest absolute Gasteiger partial charge is 0.479 e. The summed E-state index contributed by atoms with van der Waals surface area (Å²) >= 11 is 0. The van der Waals surface area contributed by atoms with E-state index in [9.17, 15) is 34.5 Å². The molecule has 0 amide bonds. The van der Waals surface area contributed by atoms with Crippen molar-refractivity contribution in [1.82, 2.24) is 0 Å². The lowest BCUT2D eigenvalue weighted by Gasteiger charge is -2.40. The van der Waals surface area contributed by atoms with Crippen molar-refractivity contribution in [2.75, 3.05) is 13.2 Å². The van der Waals surface area contributed by atoms with E-state index in [1.54, 1.807) is 0 Å². The predicted molar refractivity (Wildman–Crippen MR) is 257 cm³/mol. The summed E-state index contributed by atoms with van der Waals surface area (Å²) in [6.07, 6.45) is 34.2. The third kappa shape index (κ3) is 33.1. The average Bonchev–Trinajstić information content (AvgIpc) is 3.29. The van der Waals surface area contributed by atoms with Gasteiger partial charge in [-0.25, -0.2) is 4.79 Å². The lowest BCUT2D eigenvalue weighted by molar-refractivity contribution is -0.301. The number of hydrogen-bond acceptors (Lipinski definition) is 11. The quantitative estimate of drug-likeness (QED) is 0.0229. The molecule has 12 nitrogen and oxygen atoms in total. The first-order valence-corrected chi connectivity index (χ1v) is 26.0. The van der Waals surface area contributed by atoms with Gasteiger partial charge in [0.05, 0.1) is 6.61 Å². The number of aliphatic hydroxyl groups excluding tert-OH is 2. The number of carbonyl (C=O) groups is 4. The smallest absolute Gasteiger partial charge is 0.335 e. The van der Waals surface area contributed by atoms with Gasteiger partial charge >= 0.3 is 23.9 Å². The Morgan fingerprint density at radius 1 is 0.492 bits per heavy atom. The van der Waals surface area contributed by atoms with Gasteiger partial charge in [0.15, 0.2) is 24.6 Å². The minimum Gasteiger partial charge on any atom is -0.479 e. The van der Waals surface area contributed by atoms with Crippen molar-refractivity contribution in [3.05, 3.63) is 36.5 Å². The van der Waals surface area contributed by atoms with Crippen LogP contribution in [0.5, 0.6) is 0 Å². The van der Waals surface area contributed by atoms with E-state index in [0.717, 1.165) is 116 Å². The Hall–Kier alpha value is -3.06. The molecule has 0 aromatic heterocycles. The van der Waals surface area contributed by atoms with Gasteiger partial charge in [0, 0.05) is 19.3 Å². The number of ether oxygens (including phenoxy) is 5. The van der Waals surface area contributed by atoms with Crippen LogP contribution in [0, 0.1) is 0 Å². The molecule has 0 aromatic rings. The minimum absolute atomic E-state index is 0.0504. The number of rotatable bonds is 43. The van der Waals surface area contributed by atoms with Crippen molar-refractivity contribution in [2.45, 2.75) is 263 Å². The highest BCUT2D eigenvalue weighted by atomic mass is 16.7. The van der Waals surface area contributed by atoms with Crippen LogP contribution < -0.4 is 0 Å². The second-order valence-electron chi connectivity index (χ2n) is 17.8. The van der Waals surface area contributed by atoms with Gasteiger partial charge in [-0.2, -0.15) is 0 Å². The van der Waals surface area contributed by atoms with Crippen molar-refractivity contribution in [1.29, 1.82) is 0 Å². The van der Waals surface area contributed by atoms with E-state index >= 15 is 0 Å². The van der Waals surface area contributed by atoms with Gasteiger partial charge < -0.3 is 39.0 Å². The number of allylic oxidation sites excluding steroid dienone is 6. The van der Waals surface area contributed by atoms with E-state index in [1.165, 1.54) is 51.4 Å². The van der Waals surface area contributed by atoms with E-state index in [-0.39, 0.29) is 25.9 Å². The third-order valence-corrected chi connectivity index (χ3v) is 11.7. The summed E-state index contributed by atoms with van der Waals surface area (Å²) in [5.74, 6) is -3.15. The second kappa shape index (κ2) is 42.3. The van der Waals surface area contributed by atoms with Crippen molar-refractivity contribution in [3.63, 3.8) is 0 Å². The molecule has 6 unspecified atom stereocenters. The van der Waals surface area contributed by atoms with Crippen LogP contribution in [0.2, 0.25) is 0 Å². The first-order chi connectivity index (χ1) is 31.6. The molecule has 12 heteroatoms. The van der Waals surface area contributed by atoms with Gasteiger partial charge in [0.2, 0.25) is 0 Å². The fourth-order valence-electron chi connectivity index (χ4n) is 7.56. The fourth-order valence-corrected chi connectivity index (χ4v) is 7.56. The molecule has 1 heterocycles. The standard InChI is InChI=1S/C53H92O12/c1-4-7-10-13-16-19-22-23-26-29-32-35-38-41-47(56)64-51-49(58)48(57)50(52(59)60)65-53(51)62-43-44(63-46(55)40-37-34-31-28-25-21-18-15-12-9-6-3)42-61-45(54)39-36-33-30-27-24-20-17-14-11-8-5-2/h14-15,17-19,22,44,48-51,53,57-58H,4-13,16,20-21,23-43H2,1-3H3,(H,59,60)/b17-14-,18-15-,22-19-. The zero-order valence-electron chi connectivity index (χ0n) is 41.0. The van der Waals surface area contributed by atoms with Crippen molar-refractivity contribution in [2.24, 2.45) is 0 Å². The molecule has 0 spiro atoms. The van der Waals surface area contributed by atoms with Crippen LogP contribution in [0.4, 0.5) is 0 Å². The van der Waals surface area contributed by atoms with E-state index in [4.69, 9.17) is 23.7 Å². The fraction of sp³-hybridized carbons (Fsp3) is 0.811. The first-order valence-electron chi connectivity index (χ1n) is 26.0. The number of carboxylic acid groups (broad SMARTS) is 1. The highest BCUT2D eigenvalue weighted by Crippen LogP contribution is 2.26. The number of aliphatic hydroxyl groups is 2. The predicted octanol–water partition coefficient (Wildman–Crippen LogP) is 12.1. The number of carboxylic acids is 1. The molecule has 0 radical (unpaired) electrons. The maximum absolute atomic E-state index is 13.0. The first kappa shape index (κ1) is 60.0. The monoisotopic (exact) mass is 921 g/mol. The summed E-state index contributed by atoms with van der Waals surface area (Å²) in [5, 5.41) is 31.3. The zero-order chi connectivity index (χ0) is 47.6. The maximum atomic E-state index is 13.0. The van der Waals surface area contributed by atoms with E-state index < -0.39 is 67.3 Å². The third-order valence-electron chi connectivity index (χ3n) is 11.7. The molecule has 1 fully saturated rings. The molecule has 1 rings (SSSR count). The summed E-state index contributed by atoms with van der Waals surface area (Å²) < 4.78 is 28.2. The number of carbonyl (C=O) groups excluding carboxylic acids is 3. The highest BCUT2D eigenvalue weighted by Gasteiger charge is 2.50. The molecular weight excluding hydrogens is 829 g/mol. The molecular formula is C53H92O12. The van der Waals surface area contributed by atoms with Gasteiger partial charge in [0.1, 0.15) is 18.8 Å². The van der Waals surface area contributed by atoms with Crippen molar-refractivity contribution < 1.29 is 58.2 Å². The molecule has 0 aromatic carbocycles. The van der Waals surface area contributed by atoms with Gasteiger partial charge in [-0.3, -0.25) is 14.4 Å². The average molecular weight is 921 g/mol. The molecule has 1 saturated heterocycles. The molecule has 1 aliphatic heterocycles. The Morgan fingerprint density at radius 2 is 0.892 bits per heavy atom. The summed E-state index contributed by atoms with van der Waals surface area (Å²) in [5.41, 5.74) is 0. The Morgan fingerprint density at radius 3 is 1.35 bits per heavy atom. The summed E-state index contributed by atoms with van der Waals surface area (Å²) in [6.45, 7) is 5.85. The van der Waals surface area contributed by atoms with Crippen LogP contribution in [0.25, 0.3) is 0 Å². The second-order valence-corrected chi connectivity index (χ2v) is 17.8. The van der Waals surface area contributed by atoms with Crippen LogP contribution in [-0.4, -0.2) is 89.2 Å². The van der Waals surface area contributed by atoms with Crippen LogP contribution >= 0.6 is 0 Å². The van der Waals surface area contributed by atoms with Crippen LogP contribution in [0.3, 0.4) is 0 Å². The van der Waals surface area contributed by atoms with Gasteiger partial charge in [-0.15, -0.1) is 0 Å². The van der Waals surface area contributed by atoms with Crippen molar-refractivity contribution >= 4 is 23.9 Å². The topological polar surface area (TPSA) is 175 Å². The summed E-state index contributed by atoms with van der Waals surface area (Å²) in [6, 6.07) is 0. The number of unbranched alkanes of at least 4 members (excludes halogenated alkanes) is 23. The molecule has 3 N–H and O–H groups in total.